The first kappa shape index (κ1) is 18.9. The molecule has 0 bridgehead atoms. The van der Waals surface area contributed by atoms with Crippen LogP contribution in [-0.4, -0.2) is 22.9 Å². The lowest BCUT2D eigenvalue weighted by Crippen LogP contribution is -2.30. The minimum absolute atomic E-state index is 0.122. The first-order valence-corrected chi connectivity index (χ1v) is 7.65. The van der Waals surface area contributed by atoms with Gasteiger partial charge in [-0.05, 0) is 43.3 Å². The van der Waals surface area contributed by atoms with Crippen molar-refractivity contribution in [3.05, 3.63) is 68.7 Å². The number of nitrogens with one attached hydrogen (secondary N) is 1. The number of rotatable bonds is 5. The van der Waals surface area contributed by atoms with E-state index in [9.17, 15) is 19.7 Å². The van der Waals surface area contributed by atoms with Crippen LogP contribution < -0.4 is 5.32 Å². The molecule has 1 atom stereocenters. The summed E-state index contributed by atoms with van der Waals surface area (Å²) in [7, 11) is 0. The summed E-state index contributed by atoms with van der Waals surface area (Å²) in [6, 6.07) is 11.5. The van der Waals surface area contributed by atoms with E-state index < -0.39 is 28.6 Å². The Morgan fingerprint density at radius 3 is 2.50 bits per heavy atom. The van der Waals surface area contributed by atoms with Gasteiger partial charge >= 0.3 is 5.97 Å². The summed E-state index contributed by atoms with van der Waals surface area (Å²) in [5, 5.41) is 22.4. The van der Waals surface area contributed by atoms with Gasteiger partial charge in [0.2, 0.25) is 0 Å². The molecule has 0 aliphatic carbocycles. The van der Waals surface area contributed by atoms with Gasteiger partial charge in [0.05, 0.1) is 16.6 Å². The lowest BCUT2D eigenvalue weighted by Gasteiger charge is -2.13. The number of nitriles is 1. The van der Waals surface area contributed by atoms with E-state index in [1.54, 1.807) is 0 Å². The second kappa shape index (κ2) is 8.09. The van der Waals surface area contributed by atoms with E-state index in [1.807, 2.05) is 6.07 Å². The number of esters is 1. The number of amides is 1. The number of anilines is 1. The maximum Gasteiger partial charge on any atom is 0.345 e. The lowest BCUT2D eigenvalue weighted by atomic mass is 10.2. The average molecular weight is 374 g/mol. The van der Waals surface area contributed by atoms with E-state index in [1.165, 1.54) is 37.3 Å². The number of carbonyl (C=O) groups excluding carboxylic acids is 2. The molecule has 1 N–H and O–H groups in total. The molecule has 0 aromatic heterocycles. The molecule has 9 heteroatoms. The van der Waals surface area contributed by atoms with E-state index in [2.05, 4.69) is 5.32 Å². The fourth-order valence-electron chi connectivity index (χ4n) is 1.98. The van der Waals surface area contributed by atoms with Crippen LogP contribution in [0, 0.1) is 21.4 Å². The molecule has 0 heterocycles. The highest BCUT2D eigenvalue weighted by Crippen LogP contribution is 2.24. The van der Waals surface area contributed by atoms with Crippen molar-refractivity contribution in [1.29, 1.82) is 5.26 Å². The number of nitro benzene ring substituents is 1. The van der Waals surface area contributed by atoms with Crippen molar-refractivity contribution in [1.82, 2.24) is 0 Å². The van der Waals surface area contributed by atoms with Crippen molar-refractivity contribution in [2.45, 2.75) is 13.0 Å². The predicted octanol–water partition coefficient (Wildman–Crippen LogP) is 3.30. The Morgan fingerprint density at radius 2 is 1.92 bits per heavy atom. The molecular weight excluding hydrogens is 362 g/mol. The van der Waals surface area contributed by atoms with Crippen LogP contribution >= 0.6 is 11.6 Å². The van der Waals surface area contributed by atoms with Gasteiger partial charge in [-0.25, -0.2) is 4.79 Å². The summed E-state index contributed by atoms with van der Waals surface area (Å²) in [4.78, 5) is 34.5. The first-order chi connectivity index (χ1) is 12.3. The largest absolute Gasteiger partial charge is 0.449 e. The highest BCUT2D eigenvalue weighted by Gasteiger charge is 2.25. The number of nitro groups is 1. The molecule has 0 radical (unpaired) electrons. The third-order valence-corrected chi connectivity index (χ3v) is 3.54. The molecule has 0 saturated heterocycles. The Balaban J connectivity index is 2.08. The summed E-state index contributed by atoms with van der Waals surface area (Å²) < 4.78 is 4.99. The third kappa shape index (κ3) is 4.55. The third-order valence-electron chi connectivity index (χ3n) is 3.31. The van der Waals surface area contributed by atoms with Crippen LogP contribution in [0.4, 0.5) is 11.4 Å². The van der Waals surface area contributed by atoms with Crippen molar-refractivity contribution in [2.24, 2.45) is 0 Å². The van der Waals surface area contributed by atoms with Gasteiger partial charge in [0.15, 0.2) is 6.10 Å². The number of halogens is 1. The Morgan fingerprint density at radius 1 is 1.27 bits per heavy atom. The van der Waals surface area contributed by atoms with Crippen molar-refractivity contribution in [2.75, 3.05) is 5.32 Å². The fourth-order valence-corrected chi connectivity index (χ4v) is 2.15. The number of benzene rings is 2. The second-order valence-corrected chi connectivity index (χ2v) is 5.58. The molecule has 0 fully saturated rings. The number of ether oxygens (including phenoxy) is 1. The Labute approximate surface area is 153 Å². The minimum atomic E-state index is -1.21. The summed E-state index contributed by atoms with van der Waals surface area (Å²) in [6.45, 7) is 1.33. The molecule has 26 heavy (non-hydrogen) atoms. The van der Waals surface area contributed by atoms with Gasteiger partial charge in [0.1, 0.15) is 5.56 Å². The van der Waals surface area contributed by atoms with E-state index in [4.69, 9.17) is 21.6 Å². The number of nitrogens with zero attached hydrogens (tertiary/aromatic N) is 2. The van der Waals surface area contributed by atoms with Crippen LogP contribution in [0.25, 0.3) is 0 Å². The Kier molecular flexibility index (Phi) is 5.88. The molecule has 0 unspecified atom stereocenters. The Bertz CT molecular complexity index is 906. The zero-order valence-corrected chi connectivity index (χ0v) is 14.2. The minimum Gasteiger partial charge on any atom is -0.449 e. The highest BCUT2D eigenvalue weighted by molar-refractivity contribution is 6.31. The van der Waals surface area contributed by atoms with Gasteiger partial charge in [-0.1, -0.05) is 11.6 Å². The molecule has 132 valence electrons. The topological polar surface area (TPSA) is 122 Å². The summed E-state index contributed by atoms with van der Waals surface area (Å²) in [5.41, 5.74) is 0.0148. The fraction of sp³-hybridized carbons (Fsp3) is 0.118. The molecule has 0 saturated carbocycles. The monoisotopic (exact) mass is 373 g/mol. The molecule has 0 spiro atoms. The van der Waals surface area contributed by atoms with Crippen LogP contribution in [0.3, 0.4) is 0 Å². The first-order valence-electron chi connectivity index (χ1n) is 7.27. The van der Waals surface area contributed by atoms with Crippen LogP contribution in [0.2, 0.25) is 5.02 Å². The zero-order valence-electron chi connectivity index (χ0n) is 13.4. The number of hydrogen-bond acceptors (Lipinski definition) is 6. The summed E-state index contributed by atoms with van der Waals surface area (Å²) in [6.07, 6.45) is -1.21. The number of hydrogen-bond donors (Lipinski definition) is 1. The van der Waals surface area contributed by atoms with Crippen molar-refractivity contribution >= 4 is 34.9 Å². The standard InChI is InChI=1S/C17H12ClN3O5/c1-10(16(22)20-13-5-2-11(9-19)3-6-13)26-17(23)14-8-12(18)4-7-15(14)21(24)25/h2-8,10H,1H3,(H,20,22)/t10-/m1/s1. The maximum absolute atomic E-state index is 12.2. The molecule has 0 aliphatic rings. The lowest BCUT2D eigenvalue weighted by molar-refractivity contribution is -0.385. The highest BCUT2D eigenvalue weighted by atomic mass is 35.5. The predicted molar refractivity (Wildman–Crippen MR) is 92.8 cm³/mol. The number of carbonyl (C=O) groups is 2. The van der Waals surface area contributed by atoms with Gasteiger partial charge in [-0.3, -0.25) is 14.9 Å². The second-order valence-electron chi connectivity index (χ2n) is 5.14. The molecule has 2 aromatic carbocycles. The van der Waals surface area contributed by atoms with Gasteiger partial charge in [0.25, 0.3) is 11.6 Å². The summed E-state index contributed by atoms with van der Waals surface area (Å²) in [5.74, 6) is -1.67. The van der Waals surface area contributed by atoms with Crippen molar-refractivity contribution in [3.8, 4) is 6.07 Å². The molecule has 2 aromatic rings. The SMILES string of the molecule is C[C@@H](OC(=O)c1cc(Cl)ccc1[N+](=O)[O-])C(=O)Nc1ccc(C#N)cc1. The quantitative estimate of drug-likeness (QED) is 0.487. The normalized spacial score (nSPS) is 11.1. The van der Waals surface area contributed by atoms with E-state index in [0.29, 0.717) is 11.3 Å². The molecule has 8 nitrogen and oxygen atoms in total. The van der Waals surface area contributed by atoms with Gasteiger partial charge in [0, 0.05) is 16.8 Å². The van der Waals surface area contributed by atoms with Crippen LogP contribution in [0.5, 0.6) is 0 Å². The van der Waals surface area contributed by atoms with Crippen LogP contribution in [0.1, 0.15) is 22.8 Å². The smallest absolute Gasteiger partial charge is 0.345 e. The van der Waals surface area contributed by atoms with E-state index in [-0.39, 0.29) is 10.6 Å². The van der Waals surface area contributed by atoms with Crippen LogP contribution in [0.15, 0.2) is 42.5 Å². The molecule has 1 amide bonds. The zero-order chi connectivity index (χ0) is 19.3. The van der Waals surface area contributed by atoms with E-state index >= 15 is 0 Å². The van der Waals surface area contributed by atoms with Gasteiger partial charge < -0.3 is 10.1 Å². The molecular formula is C17H12ClN3O5. The molecule has 2 rings (SSSR count). The van der Waals surface area contributed by atoms with Gasteiger partial charge in [-0.15, -0.1) is 0 Å². The maximum atomic E-state index is 12.2. The molecule has 0 aliphatic heterocycles. The van der Waals surface area contributed by atoms with Crippen molar-refractivity contribution < 1.29 is 19.2 Å². The van der Waals surface area contributed by atoms with Crippen LogP contribution in [-0.2, 0) is 9.53 Å². The average Bonchev–Trinajstić information content (AvgIpc) is 2.61. The van der Waals surface area contributed by atoms with E-state index in [0.717, 1.165) is 12.1 Å². The Hall–Kier alpha value is -3.44. The summed E-state index contributed by atoms with van der Waals surface area (Å²) >= 11 is 5.76. The van der Waals surface area contributed by atoms with Gasteiger partial charge in [-0.2, -0.15) is 5.26 Å². The van der Waals surface area contributed by atoms with Crippen molar-refractivity contribution in [3.63, 3.8) is 0 Å².